The van der Waals surface area contributed by atoms with Gasteiger partial charge in [0, 0.05) is 25.7 Å². The maximum Gasteiger partial charge on any atom is 0.259 e. The van der Waals surface area contributed by atoms with Crippen LogP contribution in [0.2, 0.25) is 0 Å². The molecule has 6 nitrogen and oxygen atoms in total. The van der Waals surface area contributed by atoms with Crippen molar-refractivity contribution in [3.63, 3.8) is 0 Å². The van der Waals surface area contributed by atoms with E-state index in [-0.39, 0.29) is 5.91 Å². The lowest BCUT2D eigenvalue weighted by Gasteiger charge is -2.12. The van der Waals surface area contributed by atoms with Crippen molar-refractivity contribution in [2.45, 2.75) is 6.10 Å². The van der Waals surface area contributed by atoms with E-state index in [0.717, 1.165) is 5.65 Å². The third kappa shape index (κ3) is 2.75. The monoisotopic (exact) mass is 282 g/mol. The van der Waals surface area contributed by atoms with Gasteiger partial charge in [-0.25, -0.2) is 4.98 Å². The Kier molecular flexibility index (Phi) is 3.61. The second-order valence-corrected chi connectivity index (χ2v) is 4.48. The topological polar surface area (TPSA) is 68.5 Å². The van der Waals surface area contributed by atoms with Crippen LogP contribution in [0.4, 0.5) is 5.69 Å². The molecule has 21 heavy (non-hydrogen) atoms. The number of aromatic nitrogens is 3. The molecule has 0 bridgehead atoms. The summed E-state index contributed by atoms with van der Waals surface area (Å²) in [5.74, 6) is -0.283. The van der Waals surface area contributed by atoms with Crippen LogP contribution in [0.3, 0.4) is 0 Å². The molecule has 3 heterocycles. The molecule has 0 saturated heterocycles. The fourth-order valence-corrected chi connectivity index (χ4v) is 2.09. The van der Waals surface area contributed by atoms with Gasteiger partial charge in [0.1, 0.15) is 5.65 Å². The predicted molar refractivity (Wildman–Crippen MR) is 77.8 cm³/mol. The van der Waals surface area contributed by atoms with Crippen LogP contribution in [0.15, 0.2) is 55.1 Å². The first-order valence-corrected chi connectivity index (χ1v) is 6.45. The van der Waals surface area contributed by atoms with Crippen LogP contribution in [-0.4, -0.2) is 27.4 Å². The van der Waals surface area contributed by atoms with E-state index in [4.69, 9.17) is 4.74 Å². The van der Waals surface area contributed by atoms with E-state index in [2.05, 4.69) is 15.3 Å². The molecular weight excluding hydrogens is 268 g/mol. The molecule has 1 unspecified atom stereocenters. The SMILES string of the molecule is COC(C(=O)Nc1cccnc1)c1cn2ccccc2n1. The zero-order chi connectivity index (χ0) is 14.7. The number of imidazole rings is 1. The van der Waals surface area contributed by atoms with Crippen LogP contribution in [0.1, 0.15) is 11.8 Å². The Morgan fingerprint density at radius 2 is 2.24 bits per heavy atom. The normalized spacial score (nSPS) is 12.2. The van der Waals surface area contributed by atoms with Gasteiger partial charge in [0.25, 0.3) is 5.91 Å². The zero-order valence-electron chi connectivity index (χ0n) is 11.4. The Bertz CT molecular complexity index is 721. The molecule has 0 fully saturated rings. The molecule has 3 aromatic heterocycles. The molecule has 1 atom stereocenters. The molecular formula is C15H14N4O2. The molecule has 0 aliphatic rings. The molecule has 0 spiro atoms. The number of ether oxygens (including phenoxy) is 1. The van der Waals surface area contributed by atoms with Gasteiger partial charge >= 0.3 is 0 Å². The lowest BCUT2D eigenvalue weighted by Crippen LogP contribution is -2.22. The number of pyridine rings is 2. The van der Waals surface area contributed by atoms with Crippen molar-refractivity contribution in [1.29, 1.82) is 0 Å². The molecule has 0 aromatic carbocycles. The number of hydrogen-bond acceptors (Lipinski definition) is 4. The van der Waals surface area contributed by atoms with Gasteiger partial charge in [0.2, 0.25) is 0 Å². The molecule has 0 aliphatic carbocycles. The molecule has 0 saturated carbocycles. The first-order valence-electron chi connectivity index (χ1n) is 6.45. The van der Waals surface area contributed by atoms with Crippen molar-refractivity contribution >= 4 is 17.2 Å². The summed E-state index contributed by atoms with van der Waals surface area (Å²) in [7, 11) is 1.48. The van der Waals surface area contributed by atoms with E-state index >= 15 is 0 Å². The fraction of sp³-hybridized carbons (Fsp3) is 0.133. The second-order valence-electron chi connectivity index (χ2n) is 4.48. The van der Waals surface area contributed by atoms with E-state index in [1.54, 1.807) is 30.7 Å². The van der Waals surface area contributed by atoms with Crippen LogP contribution in [0, 0.1) is 0 Å². The van der Waals surface area contributed by atoms with Crippen LogP contribution in [0.5, 0.6) is 0 Å². The number of carbonyl (C=O) groups excluding carboxylic acids is 1. The number of fused-ring (bicyclic) bond motifs is 1. The number of nitrogens with zero attached hydrogens (tertiary/aromatic N) is 3. The van der Waals surface area contributed by atoms with Crippen LogP contribution < -0.4 is 5.32 Å². The average molecular weight is 282 g/mol. The van der Waals surface area contributed by atoms with E-state index in [1.165, 1.54) is 7.11 Å². The summed E-state index contributed by atoms with van der Waals surface area (Å²) >= 11 is 0. The van der Waals surface area contributed by atoms with Gasteiger partial charge in [0.05, 0.1) is 17.6 Å². The van der Waals surface area contributed by atoms with E-state index in [9.17, 15) is 4.79 Å². The van der Waals surface area contributed by atoms with Gasteiger partial charge in [-0.15, -0.1) is 0 Å². The Morgan fingerprint density at radius 3 is 2.95 bits per heavy atom. The number of nitrogens with one attached hydrogen (secondary N) is 1. The van der Waals surface area contributed by atoms with Gasteiger partial charge in [0.15, 0.2) is 6.10 Å². The van der Waals surface area contributed by atoms with Crippen LogP contribution in [0.25, 0.3) is 5.65 Å². The Labute approximate surface area is 121 Å². The van der Waals surface area contributed by atoms with Gasteiger partial charge in [-0.2, -0.15) is 0 Å². The van der Waals surface area contributed by atoms with Gasteiger partial charge in [-0.1, -0.05) is 6.07 Å². The fourth-order valence-electron chi connectivity index (χ4n) is 2.09. The predicted octanol–water partition coefficient (Wildman–Crippen LogP) is 2.06. The number of amides is 1. The van der Waals surface area contributed by atoms with Crippen molar-refractivity contribution in [3.8, 4) is 0 Å². The minimum atomic E-state index is -0.773. The highest BCUT2D eigenvalue weighted by Gasteiger charge is 2.23. The third-order valence-corrected chi connectivity index (χ3v) is 3.05. The van der Waals surface area contributed by atoms with E-state index in [0.29, 0.717) is 11.4 Å². The van der Waals surface area contributed by atoms with Crippen molar-refractivity contribution in [3.05, 3.63) is 60.8 Å². The zero-order valence-corrected chi connectivity index (χ0v) is 11.4. The van der Waals surface area contributed by atoms with Gasteiger partial charge in [-0.3, -0.25) is 9.78 Å². The van der Waals surface area contributed by atoms with E-state index in [1.807, 2.05) is 28.8 Å². The van der Waals surface area contributed by atoms with Crippen LogP contribution >= 0.6 is 0 Å². The van der Waals surface area contributed by atoms with Crippen molar-refractivity contribution in [1.82, 2.24) is 14.4 Å². The quantitative estimate of drug-likeness (QED) is 0.795. The summed E-state index contributed by atoms with van der Waals surface area (Å²) in [6, 6.07) is 9.18. The highest BCUT2D eigenvalue weighted by molar-refractivity contribution is 5.94. The highest BCUT2D eigenvalue weighted by Crippen LogP contribution is 2.19. The molecule has 0 aliphatic heterocycles. The third-order valence-electron chi connectivity index (χ3n) is 3.05. The van der Waals surface area contributed by atoms with E-state index < -0.39 is 6.10 Å². The summed E-state index contributed by atoms with van der Waals surface area (Å²) < 4.78 is 7.14. The minimum absolute atomic E-state index is 0.283. The van der Waals surface area contributed by atoms with Crippen molar-refractivity contribution in [2.75, 3.05) is 12.4 Å². The molecule has 1 amide bonds. The number of carbonyl (C=O) groups is 1. The smallest absolute Gasteiger partial charge is 0.259 e. The number of rotatable bonds is 4. The minimum Gasteiger partial charge on any atom is -0.365 e. The highest BCUT2D eigenvalue weighted by atomic mass is 16.5. The lowest BCUT2D eigenvalue weighted by molar-refractivity contribution is -0.126. The molecule has 3 aromatic rings. The Balaban J connectivity index is 1.85. The Morgan fingerprint density at radius 1 is 1.33 bits per heavy atom. The standard InChI is InChI=1S/C15H14N4O2/c1-21-14(15(20)17-11-5-4-7-16-9-11)12-10-19-8-3-2-6-13(19)18-12/h2-10,14H,1H3,(H,17,20). The first kappa shape index (κ1) is 13.3. The number of methoxy groups -OCH3 is 1. The molecule has 3 rings (SSSR count). The second kappa shape index (κ2) is 5.72. The lowest BCUT2D eigenvalue weighted by atomic mass is 10.2. The average Bonchev–Trinajstić information content (AvgIpc) is 2.92. The summed E-state index contributed by atoms with van der Waals surface area (Å²) in [5.41, 5.74) is 1.95. The number of hydrogen-bond donors (Lipinski definition) is 1. The number of anilines is 1. The Hall–Kier alpha value is -2.73. The summed E-state index contributed by atoms with van der Waals surface area (Å²) in [4.78, 5) is 20.7. The maximum atomic E-state index is 12.3. The summed E-state index contributed by atoms with van der Waals surface area (Å²) in [6.07, 6.45) is 6.11. The van der Waals surface area contributed by atoms with Crippen molar-refractivity contribution < 1.29 is 9.53 Å². The largest absolute Gasteiger partial charge is 0.365 e. The molecule has 1 N–H and O–H groups in total. The summed E-state index contributed by atoms with van der Waals surface area (Å²) in [5, 5.41) is 2.76. The molecule has 0 radical (unpaired) electrons. The van der Waals surface area contributed by atoms with Gasteiger partial charge < -0.3 is 14.5 Å². The van der Waals surface area contributed by atoms with Gasteiger partial charge in [-0.05, 0) is 24.3 Å². The van der Waals surface area contributed by atoms with Crippen LogP contribution in [-0.2, 0) is 9.53 Å². The molecule has 106 valence electrons. The first-order chi connectivity index (χ1) is 10.3. The summed E-state index contributed by atoms with van der Waals surface area (Å²) in [6.45, 7) is 0. The maximum absolute atomic E-state index is 12.3. The molecule has 6 heteroatoms. The van der Waals surface area contributed by atoms with Crippen molar-refractivity contribution in [2.24, 2.45) is 0 Å².